The van der Waals surface area contributed by atoms with Crippen LogP contribution in [0.15, 0.2) is 52.9 Å². The summed E-state index contributed by atoms with van der Waals surface area (Å²) >= 11 is 3.20. The zero-order chi connectivity index (χ0) is 18.2. The number of aromatic nitrogens is 2. The molecular formula is C16H12BrN5O3. The highest BCUT2D eigenvalue weighted by Crippen LogP contribution is 2.17. The highest BCUT2D eigenvalue weighted by molar-refractivity contribution is 9.10. The molecule has 2 aromatic rings. The molecule has 2 N–H and O–H groups in total. The maximum absolute atomic E-state index is 12.2. The van der Waals surface area contributed by atoms with Gasteiger partial charge in [-0.15, -0.1) is 0 Å². The molecule has 126 valence electrons. The van der Waals surface area contributed by atoms with Gasteiger partial charge in [0.1, 0.15) is 11.6 Å². The Bertz CT molecular complexity index is 859. The number of benzene rings is 1. The Morgan fingerprint density at radius 1 is 1.28 bits per heavy atom. The number of para-hydroxylation sites is 1. The summed E-state index contributed by atoms with van der Waals surface area (Å²) in [6.07, 6.45) is 4.21. The molecule has 1 amide bonds. The number of hydrogen-bond acceptors (Lipinski definition) is 7. The molecule has 1 heterocycles. The Kier molecular flexibility index (Phi) is 6.20. The Balaban J connectivity index is 2.15. The van der Waals surface area contributed by atoms with E-state index >= 15 is 0 Å². The van der Waals surface area contributed by atoms with Crippen molar-refractivity contribution >= 4 is 39.4 Å². The molecule has 0 fully saturated rings. The first-order valence-electron chi connectivity index (χ1n) is 6.88. The Morgan fingerprint density at radius 2 is 1.96 bits per heavy atom. The lowest BCUT2D eigenvalue weighted by atomic mass is 10.1. The third kappa shape index (κ3) is 4.86. The minimum absolute atomic E-state index is 0.180. The lowest BCUT2D eigenvalue weighted by Crippen LogP contribution is -2.17. The second-order valence-corrected chi connectivity index (χ2v) is 5.45. The number of methoxy groups -OCH3 is 1. The van der Waals surface area contributed by atoms with Gasteiger partial charge in [-0.05, 0) is 28.1 Å². The van der Waals surface area contributed by atoms with E-state index < -0.39 is 11.9 Å². The van der Waals surface area contributed by atoms with Crippen molar-refractivity contribution in [3.8, 4) is 6.07 Å². The quantitative estimate of drug-likeness (QED) is 0.448. The van der Waals surface area contributed by atoms with Gasteiger partial charge in [0.15, 0.2) is 0 Å². The number of carbonyl (C=O) groups excluding carboxylic acids is 2. The molecule has 0 aliphatic rings. The van der Waals surface area contributed by atoms with Gasteiger partial charge in [0.2, 0.25) is 5.95 Å². The third-order valence-electron chi connectivity index (χ3n) is 2.91. The molecule has 0 aliphatic carbocycles. The highest BCUT2D eigenvalue weighted by Gasteiger charge is 2.15. The lowest BCUT2D eigenvalue weighted by Gasteiger charge is -2.09. The van der Waals surface area contributed by atoms with Crippen LogP contribution < -0.4 is 10.6 Å². The maximum atomic E-state index is 12.2. The van der Waals surface area contributed by atoms with Gasteiger partial charge >= 0.3 is 5.97 Å². The largest absolute Gasteiger partial charge is 0.465 e. The fourth-order valence-corrected chi connectivity index (χ4v) is 1.95. The number of hydrogen-bond donors (Lipinski definition) is 2. The van der Waals surface area contributed by atoms with Crippen LogP contribution in [0.25, 0.3) is 0 Å². The first-order chi connectivity index (χ1) is 12.0. The molecule has 9 heteroatoms. The number of esters is 1. The fraction of sp³-hybridized carbons (Fsp3) is 0.0625. The Labute approximate surface area is 151 Å². The number of nitrogens with zero attached hydrogens (tertiary/aromatic N) is 3. The Morgan fingerprint density at radius 3 is 2.60 bits per heavy atom. The van der Waals surface area contributed by atoms with Crippen LogP contribution in [0.2, 0.25) is 0 Å². The smallest absolute Gasteiger partial charge is 0.339 e. The number of nitrogens with one attached hydrogen (secondary N) is 2. The van der Waals surface area contributed by atoms with Crippen molar-refractivity contribution in [2.75, 3.05) is 17.7 Å². The number of anilines is 2. The van der Waals surface area contributed by atoms with Crippen molar-refractivity contribution in [3.63, 3.8) is 0 Å². The van der Waals surface area contributed by atoms with Crippen molar-refractivity contribution in [1.82, 2.24) is 9.97 Å². The van der Waals surface area contributed by atoms with E-state index in [1.807, 2.05) is 0 Å². The van der Waals surface area contributed by atoms with Gasteiger partial charge in [-0.25, -0.2) is 14.8 Å². The van der Waals surface area contributed by atoms with Crippen molar-refractivity contribution in [2.45, 2.75) is 0 Å². The Hall–Kier alpha value is -3.25. The van der Waals surface area contributed by atoms with Crippen LogP contribution >= 0.6 is 15.9 Å². The first-order valence-corrected chi connectivity index (χ1v) is 7.67. The molecule has 1 aromatic carbocycles. The van der Waals surface area contributed by atoms with Crippen molar-refractivity contribution in [1.29, 1.82) is 5.26 Å². The highest BCUT2D eigenvalue weighted by atomic mass is 79.9. The molecule has 1 aromatic heterocycles. The van der Waals surface area contributed by atoms with E-state index in [-0.39, 0.29) is 22.8 Å². The van der Waals surface area contributed by atoms with Crippen LogP contribution in [0.1, 0.15) is 10.4 Å². The summed E-state index contributed by atoms with van der Waals surface area (Å²) in [7, 11) is 1.24. The predicted octanol–water partition coefficient (Wildman–Crippen LogP) is 2.48. The lowest BCUT2D eigenvalue weighted by molar-refractivity contribution is -0.112. The van der Waals surface area contributed by atoms with Crippen LogP contribution in [0, 0.1) is 11.3 Å². The molecule has 25 heavy (non-hydrogen) atoms. The fourth-order valence-electron chi connectivity index (χ4n) is 1.74. The minimum Gasteiger partial charge on any atom is -0.465 e. The summed E-state index contributed by atoms with van der Waals surface area (Å²) < 4.78 is 5.35. The second-order valence-electron chi connectivity index (χ2n) is 4.53. The van der Waals surface area contributed by atoms with Crippen LogP contribution in [-0.4, -0.2) is 29.0 Å². The molecule has 0 unspecified atom stereocenters. The first kappa shape index (κ1) is 18.1. The number of nitriles is 1. The summed E-state index contributed by atoms with van der Waals surface area (Å²) in [6.45, 7) is 0. The molecule has 0 bridgehead atoms. The second kappa shape index (κ2) is 8.56. The minimum atomic E-state index is -0.691. The maximum Gasteiger partial charge on any atom is 0.339 e. The van der Waals surface area contributed by atoms with E-state index in [4.69, 9.17) is 5.26 Å². The number of carbonyl (C=O) groups is 2. The van der Waals surface area contributed by atoms with E-state index in [1.54, 1.807) is 18.2 Å². The molecule has 0 atom stereocenters. The van der Waals surface area contributed by atoms with Crippen LogP contribution in [0.4, 0.5) is 11.6 Å². The zero-order valence-electron chi connectivity index (χ0n) is 13.0. The molecule has 2 rings (SSSR count). The molecular weight excluding hydrogens is 390 g/mol. The molecule has 0 radical (unpaired) electrons. The SMILES string of the molecule is COC(=O)c1ccccc1NC(=O)/C(C#N)=C\Nc1ncc(Br)cn1. The summed E-state index contributed by atoms with van der Waals surface area (Å²) in [5.41, 5.74) is 0.200. The van der Waals surface area contributed by atoms with Gasteiger partial charge in [-0.3, -0.25) is 4.79 Å². The van der Waals surface area contributed by atoms with E-state index in [1.165, 1.54) is 37.8 Å². The van der Waals surface area contributed by atoms with Crippen molar-refractivity contribution in [2.24, 2.45) is 0 Å². The molecule has 0 saturated carbocycles. The average Bonchev–Trinajstić information content (AvgIpc) is 2.63. The molecule has 0 aliphatic heterocycles. The van der Waals surface area contributed by atoms with Gasteiger partial charge in [0, 0.05) is 18.6 Å². The van der Waals surface area contributed by atoms with Gasteiger partial charge in [0.25, 0.3) is 5.91 Å². The van der Waals surface area contributed by atoms with E-state index in [9.17, 15) is 9.59 Å². The number of halogens is 1. The third-order valence-corrected chi connectivity index (χ3v) is 3.32. The zero-order valence-corrected chi connectivity index (χ0v) is 14.6. The number of rotatable bonds is 5. The van der Waals surface area contributed by atoms with Crippen LogP contribution in [0.3, 0.4) is 0 Å². The van der Waals surface area contributed by atoms with Crippen LogP contribution in [0.5, 0.6) is 0 Å². The molecule has 0 saturated heterocycles. The average molecular weight is 402 g/mol. The summed E-state index contributed by atoms with van der Waals surface area (Å²) in [6, 6.07) is 8.09. The topological polar surface area (TPSA) is 117 Å². The monoisotopic (exact) mass is 401 g/mol. The summed E-state index contributed by atoms with van der Waals surface area (Å²) in [5, 5.41) is 14.3. The normalized spacial score (nSPS) is 10.5. The summed E-state index contributed by atoms with van der Waals surface area (Å²) in [5.74, 6) is -1.07. The van der Waals surface area contributed by atoms with E-state index in [2.05, 4.69) is 41.3 Å². The number of amides is 1. The molecule has 0 spiro atoms. The van der Waals surface area contributed by atoms with E-state index in [0.717, 1.165) is 0 Å². The number of ether oxygens (including phenoxy) is 1. The van der Waals surface area contributed by atoms with Crippen molar-refractivity contribution < 1.29 is 14.3 Å². The van der Waals surface area contributed by atoms with Gasteiger partial charge in [-0.2, -0.15) is 5.26 Å². The van der Waals surface area contributed by atoms with Gasteiger partial charge in [-0.1, -0.05) is 12.1 Å². The predicted molar refractivity (Wildman–Crippen MR) is 93.5 cm³/mol. The van der Waals surface area contributed by atoms with E-state index in [0.29, 0.717) is 4.47 Å². The molecule has 8 nitrogen and oxygen atoms in total. The summed E-state index contributed by atoms with van der Waals surface area (Å²) in [4.78, 5) is 31.9. The van der Waals surface area contributed by atoms with Crippen molar-refractivity contribution in [3.05, 3.63) is 58.5 Å². The van der Waals surface area contributed by atoms with Gasteiger partial charge in [0.05, 0.1) is 22.8 Å². The van der Waals surface area contributed by atoms with Gasteiger partial charge < -0.3 is 15.4 Å². The standard InChI is InChI=1S/C16H12BrN5O3/c1-25-15(24)12-4-2-3-5-13(12)22-14(23)10(6-18)7-19-16-20-8-11(17)9-21-16/h2-5,7-9H,1H3,(H,22,23)(H,19,20,21)/b10-7-. The van der Waals surface area contributed by atoms with Crippen LogP contribution in [-0.2, 0) is 9.53 Å².